The zero-order chi connectivity index (χ0) is 33.4. The minimum atomic E-state index is -4.62. The van der Waals surface area contributed by atoms with Crippen LogP contribution in [0.4, 0.5) is 18.0 Å². The number of Topliss-reactive ketones (excluding diaryl/α,β-unsaturated/α-hetero) is 1. The van der Waals surface area contributed by atoms with Gasteiger partial charge in [0.1, 0.15) is 12.6 Å². The van der Waals surface area contributed by atoms with E-state index in [0.717, 1.165) is 0 Å². The van der Waals surface area contributed by atoms with Gasteiger partial charge in [-0.1, -0.05) is 54.5 Å². The van der Waals surface area contributed by atoms with E-state index in [0.29, 0.717) is 13.1 Å². The first kappa shape index (κ1) is 35.4. The first-order valence-corrected chi connectivity index (χ1v) is 15.2. The molecule has 3 aliphatic rings. The largest absolute Gasteiger partial charge is 0.448 e. The first-order valence-electron chi connectivity index (χ1n) is 15.2. The van der Waals surface area contributed by atoms with Crippen LogP contribution in [0.3, 0.4) is 0 Å². The number of fused-ring (bicyclic) bond motifs is 1. The van der Waals surface area contributed by atoms with Gasteiger partial charge < -0.3 is 25.2 Å². The Labute approximate surface area is 257 Å². The molecular weight excluding hydrogens is 581 g/mol. The second kappa shape index (κ2) is 13.1. The van der Waals surface area contributed by atoms with Crippen molar-refractivity contribution in [2.75, 3.05) is 32.8 Å². The Kier molecular flexibility index (Phi) is 10.5. The third-order valence-corrected chi connectivity index (χ3v) is 9.50. The van der Waals surface area contributed by atoms with Crippen LogP contribution in [0.15, 0.2) is 12.7 Å². The lowest BCUT2D eigenvalue weighted by Crippen LogP contribution is -2.58. The summed E-state index contributed by atoms with van der Waals surface area (Å²) in [6, 6.07) is -2.76. The molecule has 6 atom stereocenters. The van der Waals surface area contributed by atoms with E-state index in [-0.39, 0.29) is 54.7 Å². The van der Waals surface area contributed by atoms with Gasteiger partial charge in [0.15, 0.2) is 0 Å². The molecule has 2 heterocycles. The summed E-state index contributed by atoms with van der Waals surface area (Å²) in [5, 5.41) is 4.68. The average molecular weight is 629 g/mol. The van der Waals surface area contributed by atoms with Gasteiger partial charge in [-0.25, -0.2) is 4.79 Å². The number of cyclic esters (lactones) is 1. The molecule has 3 fully saturated rings. The molecule has 44 heavy (non-hydrogen) atoms. The number of nitrogens with one attached hydrogen (secondary N) is 2. The van der Waals surface area contributed by atoms with Crippen molar-refractivity contribution in [3.8, 4) is 0 Å². The highest BCUT2D eigenvalue weighted by molar-refractivity contribution is 6.38. The van der Waals surface area contributed by atoms with Gasteiger partial charge in [0.25, 0.3) is 5.91 Å². The van der Waals surface area contributed by atoms with Crippen molar-refractivity contribution in [3.63, 3.8) is 0 Å². The van der Waals surface area contributed by atoms with Crippen LogP contribution in [0.2, 0.25) is 0 Å². The Hall–Kier alpha value is -3.12. The number of hydrogen-bond donors (Lipinski definition) is 2. The number of rotatable bonds is 13. The van der Waals surface area contributed by atoms with Crippen LogP contribution in [-0.4, -0.2) is 90.4 Å². The summed E-state index contributed by atoms with van der Waals surface area (Å²) in [5.41, 5.74) is -0.882. The van der Waals surface area contributed by atoms with Crippen LogP contribution >= 0.6 is 0 Å². The number of ketones is 1. The summed E-state index contributed by atoms with van der Waals surface area (Å²) < 4.78 is 44.5. The van der Waals surface area contributed by atoms with Crippen molar-refractivity contribution in [2.24, 2.45) is 40.4 Å². The molecule has 3 unspecified atom stereocenters. The molecule has 3 rings (SSSR count). The van der Waals surface area contributed by atoms with Gasteiger partial charge >= 0.3 is 12.3 Å². The van der Waals surface area contributed by atoms with E-state index in [4.69, 9.17) is 4.74 Å². The van der Waals surface area contributed by atoms with E-state index in [1.54, 1.807) is 4.90 Å². The Morgan fingerprint density at radius 1 is 1.16 bits per heavy atom. The lowest BCUT2D eigenvalue weighted by Gasteiger charge is -2.43. The standard InChI is InChI=1S/C31H47F3N4O6/c1-9-12-35-26(41)24(39)20(10-11-31(32,33)34)36-25(40)23-22-19(30(22,7)8)16-38(23)27(42)21(29(4,5)6)18(17(2)3)15-37-13-14-44-28(37)43/h9,17-23H,1,10-16H2,2-8H3,(H,35,41)(H,36,40)/t18-,19+,20?,21?,22?,23+/m1/s1. The Morgan fingerprint density at radius 3 is 2.30 bits per heavy atom. The van der Waals surface area contributed by atoms with Gasteiger partial charge in [0, 0.05) is 32.0 Å². The predicted molar refractivity (Wildman–Crippen MR) is 156 cm³/mol. The summed E-state index contributed by atoms with van der Waals surface area (Å²) in [4.78, 5) is 69.1. The molecule has 0 spiro atoms. The Bertz CT molecular complexity index is 1150. The molecule has 1 aliphatic carbocycles. The van der Waals surface area contributed by atoms with Gasteiger partial charge in [-0.2, -0.15) is 13.2 Å². The molecule has 13 heteroatoms. The Balaban J connectivity index is 1.92. The van der Waals surface area contributed by atoms with Gasteiger partial charge in [-0.05, 0) is 40.9 Å². The third-order valence-electron chi connectivity index (χ3n) is 9.50. The third kappa shape index (κ3) is 7.74. The van der Waals surface area contributed by atoms with E-state index in [9.17, 15) is 37.1 Å². The van der Waals surface area contributed by atoms with Gasteiger partial charge in [0.05, 0.1) is 12.6 Å². The number of likely N-dealkylation sites (tertiary alicyclic amines) is 1. The molecule has 0 radical (unpaired) electrons. The van der Waals surface area contributed by atoms with E-state index in [2.05, 4.69) is 17.2 Å². The maximum absolute atomic E-state index is 14.5. The topological polar surface area (TPSA) is 125 Å². The number of nitrogens with zero attached hydrogens (tertiary/aromatic N) is 2. The van der Waals surface area contributed by atoms with Crippen LogP contribution in [0.5, 0.6) is 0 Å². The average Bonchev–Trinajstić information content (AvgIpc) is 3.25. The fraction of sp³-hybridized carbons (Fsp3) is 0.774. The number of ether oxygens (including phenoxy) is 1. The summed E-state index contributed by atoms with van der Waals surface area (Å²) in [6.45, 7) is 18.3. The van der Waals surface area contributed by atoms with Crippen molar-refractivity contribution in [1.29, 1.82) is 0 Å². The summed E-state index contributed by atoms with van der Waals surface area (Å²) >= 11 is 0. The van der Waals surface area contributed by atoms with Crippen LogP contribution < -0.4 is 10.6 Å². The molecule has 2 N–H and O–H groups in total. The molecular formula is C31H47F3N4O6. The molecule has 0 aromatic carbocycles. The number of carbonyl (C=O) groups is 5. The summed E-state index contributed by atoms with van der Waals surface area (Å²) in [7, 11) is 0. The number of amides is 4. The maximum atomic E-state index is 14.5. The zero-order valence-electron chi connectivity index (χ0n) is 26.8. The van der Waals surface area contributed by atoms with Crippen molar-refractivity contribution in [3.05, 3.63) is 12.7 Å². The van der Waals surface area contributed by atoms with Crippen LogP contribution in [0.1, 0.15) is 61.3 Å². The fourth-order valence-corrected chi connectivity index (χ4v) is 6.98. The Morgan fingerprint density at radius 2 is 1.80 bits per heavy atom. The molecule has 1 saturated carbocycles. The number of halogens is 3. The van der Waals surface area contributed by atoms with E-state index in [1.165, 1.54) is 11.0 Å². The molecule has 0 bridgehead atoms. The fourth-order valence-electron chi connectivity index (χ4n) is 6.98. The summed E-state index contributed by atoms with van der Waals surface area (Å²) in [5.74, 6) is -4.57. The van der Waals surface area contributed by atoms with E-state index >= 15 is 0 Å². The number of alkyl halides is 3. The molecule has 2 aliphatic heterocycles. The molecule has 0 aromatic rings. The van der Waals surface area contributed by atoms with Crippen LogP contribution in [0, 0.1) is 40.4 Å². The first-order chi connectivity index (χ1) is 20.2. The monoisotopic (exact) mass is 628 g/mol. The summed E-state index contributed by atoms with van der Waals surface area (Å²) in [6.07, 6.45) is -5.95. The highest BCUT2D eigenvalue weighted by Gasteiger charge is 2.70. The maximum Gasteiger partial charge on any atom is 0.409 e. The van der Waals surface area contributed by atoms with Crippen LogP contribution in [0.25, 0.3) is 0 Å². The quantitative estimate of drug-likeness (QED) is 0.238. The number of carbonyl (C=O) groups excluding carboxylic acids is 5. The van der Waals surface area contributed by atoms with Crippen LogP contribution in [-0.2, 0) is 23.9 Å². The predicted octanol–water partition coefficient (Wildman–Crippen LogP) is 3.55. The molecule has 4 amide bonds. The zero-order valence-corrected chi connectivity index (χ0v) is 26.8. The number of hydrogen-bond acceptors (Lipinski definition) is 6. The molecule has 248 valence electrons. The minimum Gasteiger partial charge on any atom is -0.448 e. The van der Waals surface area contributed by atoms with E-state index in [1.807, 2.05) is 48.5 Å². The normalized spacial score (nSPS) is 24.7. The van der Waals surface area contributed by atoms with Gasteiger partial charge in [-0.15, -0.1) is 6.58 Å². The molecule has 0 aromatic heterocycles. The molecule has 10 nitrogen and oxygen atoms in total. The smallest absolute Gasteiger partial charge is 0.409 e. The number of piperidine rings is 1. The SMILES string of the molecule is C=CCNC(=O)C(=O)C(CCC(F)(F)F)NC(=O)[C@@H]1C2[C@H](CN1C(=O)C([C@H](CN1CCOC1=O)C(C)C)C(C)(C)C)C2(C)C. The highest BCUT2D eigenvalue weighted by atomic mass is 19.4. The minimum absolute atomic E-state index is 0.0177. The second-order valence-electron chi connectivity index (χ2n) is 14.3. The van der Waals surface area contributed by atoms with Crippen molar-refractivity contribution >= 4 is 29.6 Å². The lowest BCUT2D eigenvalue weighted by molar-refractivity contribution is -0.151. The van der Waals surface area contributed by atoms with Gasteiger partial charge in [0.2, 0.25) is 17.6 Å². The molecule has 2 saturated heterocycles. The van der Waals surface area contributed by atoms with Crippen molar-refractivity contribution in [1.82, 2.24) is 20.4 Å². The second-order valence-corrected chi connectivity index (χ2v) is 14.3. The van der Waals surface area contributed by atoms with Crippen molar-refractivity contribution < 1.29 is 41.9 Å². The van der Waals surface area contributed by atoms with Gasteiger partial charge in [-0.3, -0.25) is 19.2 Å². The van der Waals surface area contributed by atoms with E-state index < -0.39 is 66.1 Å². The van der Waals surface area contributed by atoms with Crippen molar-refractivity contribution in [2.45, 2.75) is 79.6 Å². The lowest BCUT2D eigenvalue weighted by atomic mass is 9.68. The highest BCUT2D eigenvalue weighted by Crippen LogP contribution is 2.65.